The van der Waals surface area contributed by atoms with Gasteiger partial charge in [-0.2, -0.15) is 17.9 Å². The summed E-state index contributed by atoms with van der Waals surface area (Å²) >= 11 is 1.40. The minimum Gasteiger partial charge on any atom is -0.371 e. The molecular formula is C22H29F3N6OS. The highest BCUT2D eigenvalue weighted by atomic mass is 32.2. The summed E-state index contributed by atoms with van der Waals surface area (Å²) in [4.78, 5) is 18.6. The van der Waals surface area contributed by atoms with Crippen LogP contribution in [0.25, 0.3) is 0 Å². The molecule has 1 atom stereocenters. The molecule has 1 aromatic heterocycles. The first-order valence-electron chi connectivity index (χ1n) is 11.1. The van der Waals surface area contributed by atoms with E-state index in [0.29, 0.717) is 55.7 Å². The fourth-order valence-electron chi connectivity index (χ4n) is 4.37. The summed E-state index contributed by atoms with van der Waals surface area (Å²) in [6.45, 7) is 6.29. The van der Waals surface area contributed by atoms with Crippen LogP contribution in [0.1, 0.15) is 24.5 Å². The van der Waals surface area contributed by atoms with E-state index in [1.54, 1.807) is 17.2 Å². The number of hydrogen-bond acceptors (Lipinski definition) is 6. The molecule has 3 heterocycles. The third-order valence-corrected chi connectivity index (χ3v) is 6.55. The van der Waals surface area contributed by atoms with Crippen LogP contribution in [0.5, 0.6) is 0 Å². The van der Waals surface area contributed by atoms with E-state index in [1.165, 1.54) is 28.8 Å². The fourth-order valence-corrected chi connectivity index (χ4v) is 4.69. The number of piperazine rings is 1. The van der Waals surface area contributed by atoms with Gasteiger partial charge in [0.2, 0.25) is 0 Å². The first-order valence-corrected chi connectivity index (χ1v) is 12.3. The zero-order valence-corrected chi connectivity index (χ0v) is 19.6. The molecule has 1 N–H and O–H groups in total. The van der Waals surface area contributed by atoms with Gasteiger partial charge in [0.05, 0.1) is 5.56 Å². The number of anilines is 2. The molecule has 7 nitrogen and oxygen atoms in total. The van der Waals surface area contributed by atoms with Crippen LogP contribution in [0, 0.1) is 5.92 Å². The molecule has 0 spiro atoms. The summed E-state index contributed by atoms with van der Waals surface area (Å²) in [5.74, 6) is 1.10. The summed E-state index contributed by atoms with van der Waals surface area (Å²) in [6.07, 6.45) is 0.108. The van der Waals surface area contributed by atoms with Crippen molar-refractivity contribution in [1.82, 2.24) is 19.6 Å². The van der Waals surface area contributed by atoms with Crippen LogP contribution in [-0.2, 0) is 12.7 Å². The number of nitrogens with one attached hydrogen (secondary N) is 1. The number of halogens is 3. The van der Waals surface area contributed by atoms with Gasteiger partial charge in [-0.15, -0.1) is 5.10 Å². The lowest BCUT2D eigenvalue weighted by molar-refractivity contribution is -0.137. The van der Waals surface area contributed by atoms with Gasteiger partial charge in [-0.05, 0) is 36.1 Å². The third kappa shape index (κ3) is 5.75. The normalized spacial score (nSPS) is 19.8. The second kappa shape index (κ2) is 9.84. The van der Waals surface area contributed by atoms with Crippen LogP contribution >= 0.6 is 11.9 Å². The average molecular weight is 483 g/mol. The second-order valence-electron chi connectivity index (χ2n) is 8.72. The predicted octanol–water partition coefficient (Wildman–Crippen LogP) is 4.22. The van der Waals surface area contributed by atoms with Gasteiger partial charge in [0.1, 0.15) is 0 Å². The van der Waals surface area contributed by atoms with Crippen molar-refractivity contribution < 1.29 is 18.0 Å². The van der Waals surface area contributed by atoms with Crippen LogP contribution < -0.4 is 9.62 Å². The number of aromatic nitrogens is 2. The Morgan fingerprint density at radius 3 is 2.58 bits per heavy atom. The molecule has 0 radical (unpaired) electrons. The van der Waals surface area contributed by atoms with Gasteiger partial charge in [0, 0.05) is 70.0 Å². The molecule has 2 aliphatic rings. The predicted molar refractivity (Wildman–Crippen MR) is 124 cm³/mol. The maximum absolute atomic E-state index is 13.6. The SMILES string of the molecule is CSNc1ccn(C(=O)N2CCN(Cc3cc(N4CCC(C)C4)cc(C(F)(F)F)c3)CC2)n1. The van der Waals surface area contributed by atoms with Crippen molar-refractivity contribution in [3.05, 3.63) is 41.6 Å². The lowest BCUT2D eigenvalue weighted by Crippen LogP contribution is -2.49. The summed E-state index contributed by atoms with van der Waals surface area (Å²) in [5, 5.41) is 4.22. The first kappa shape index (κ1) is 23.7. The van der Waals surface area contributed by atoms with Gasteiger partial charge in [-0.1, -0.05) is 18.9 Å². The zero-order valence-electron chi connectivity index (χ0n) is 18.8. The number of carbonyl (C=O) groups is 1. The van der Waals surface area contributed by atoms with Crippen LogP contribution in [-0.4, -0.2) is 71.1 Å². The summed E-state index contributed by atoms with van der Waals surface area (Å²) in [6, 6.07) is 5.94. The minimum absolute atomic E-state index is 0.201. The van der Waals surface area contributed by atoms with Gasteiger partial charge in [-0.25, -0.2) is 4.79 Å². The maximum Gasteiger partial charge on any atom is 0.416 e. The van der Waals surface area contributed by atoms with Crippen molar-refractivity contribution >= 4 is 29.5 Å². The molecular weight excluding hydrogens is 453 g/mol. The number of hydrogen-bond donors (Lipinski definition) is 1. The molecule has 33 heavy (non-hydrogen) atoms. The van der Waals surface area contributed by atoms with Gasteiger partial charge < -0.3 is 14.5 Å². The Morgan fingerprint density at radius 1 is 1.18 bits per heavy atom. The highest BCUT2D eigenvalue weighted by Crippen LogP contribution is 2.35. The van der Waals surface area contributed by atoms with Crippen LogP contribution in [0.2, 0.25) is 0 Å². The Morgan fingerprint density at radius 2 is 1.94 bits per heavy atom. The van der Waals surface area contributed by atoms with Gasteiger partial charge in [0.25, 0.3) is 0 Å². The highest BCUT2D eigenvalue weighted by Gasteiger charge is 2.33. The summed E-state index contributed by atoms with van der Waals surface area (Å²) in [7, 11) is 0. The van der Waals surface area contributed by atoms with E-state index in [1.807, 2.05) is 17.2 Å². The standard InChI is InChI=1S/C22H29F3N6OS/c1-16-3-5-30(14-16)19-12-17(11-18(13-19)22(23,24)25)15-28-7-9-29(10-8-28)21(32)31-6-4-20(26-31)27-33-2/h4,6,11-13,16H,3,5,7-10,14-15H2,1-2H3,(H,26,27). The number of rotatable bonds is 5. The largest absolute Gasteiger partial charge is 0.416 e. The molecule has 1 amide bonds. The van der Waals surface area contributed by atoms with Gasteiger partial charge >= 0.3 is 12.2 Å². The van der Waals surface area contributed by atoms with Crippen LogP contribution in [0.4, 0.5) is 29.5 Å². The molecule has 0 saturated carbocycles. The second-order valence-corrected chi connectivity index (χ2v) is 9.34. The Hall–Kier alpha value is -2.40. The van der Waals surface area contributed by atoms with E-state index < -0.39 is 11.7 Å². The van der Waals surface area contributed by atoms with Crippen molar-refractivity contribution in [3.63, 3.8) is 0 Å². The van der Waals surface area contributed by atoms with E-state index in [-0.39, 0.29) is 6.03 Å². The molecule has 180 valence electrons. The molecule has 2 aromatic rings. The van der Waals surface area contributed by atoms with E-state index in [9.17, 15) is 18.0 Å². The maximum atomic E-state index is 13.6. The van der Waals surface area contributed by atoms with E-state index in [0.717, 1.165) is 19.5 Å². The molecule has 0 aliphatic carbocycles. The average Bonchev–Trinajstić information content (AvgIpc) is 3.42. The number of amides is 1. The number of alkyl halides is 3. The Bertz CT molecular complexity index is 973. The molecule has 1 aromatic carbocycles. The summed E-state index contributed by atoms with van der Waals surface area (Å²) < 4.78 is 44.9. The van der Waals surface area contributed by atoms with Crippen molar-refractivity contribution in [1.29, 1.82) is 0 Å². The topological polar surface area (TPSA) is 56.6 Å². The van der Waals surface area contributed by atoms with Crippen molar-refractivity contribution in [2.75, 3.05) is 55.1 Å². The van der Waals surface area contributed by atoms with Crippen LogP contribution in [0.15, 0.2) is 30.5 Å². The fraction of sp³-hybridized carbons (Fsp3) is 0.545. The third-order valence-electron chi connectivity index (χ3n) is 6.13. The molecule has 2 aliphatic heterocycles. The minimum atomic E-state index is -4.38. The molecule has 4 rings (SSSR count). The van der Waals surface area contributed by atoms with E-state index in [4.69, 9.17) is 0 Å². The van der Waals surface area contributed by atoms with Gasteiger partial charge in [-0.3, -0.25) is 4.90 Å². The van der Waals surface area contributed by atoms with Crippen molar-refractivity contribution in [2.45, 2.75) is 26.1 Å². The Kier molecular flexibility index (Phi) is 7.08. The monoisotopic (exact) mass is 482 g/mol. The molecule has 0 bridgehead atoms. The van der Waals surface area contributed by atoms with Crippen molar-refractivity contribution in [2.24, 2.45) is 5.92 Å². The van der Waals surface area contributed by atoms with E-state index >= 15 is 0 Å². The smallest absolute Gasteiger partial charge is 0.371 e. The highest BCUT2D eigenvalue weighted by molar-refractivity contribution is 7.99. The quantitative estimate of drug-likeness (QED) is 0.644. The van der Waals surface area contributed by atoms with Crippen molar-refractivity contribution in [3.8, 4) is 0 Å². The first-order chi connectivity index (χ1) is 15.7. The van der Waals surface area contributed by atoms with Gasteiger partial charge in [0.15, 0.2) is 5.82 Å². The molecule has 2 saturated heterocycles. The summed E-state index contributed by atoms with van der Waals surface area (Å²) in [5.41, 5.74) is 0.696. The molecule has 11 heteroatoms. The zero-order chi connectivity index (χ0) is 23.6. The lowest BCUT2D eigenvalue weighted by atomic mass is 10.1. The number of carbonyl (C=O) groups excluding carboxylic acids is 1. The Labute approximate surface area is 196 Å². The number of benzene rings is 1. The Balaban J connectivity index is 1.40. The van der Waals surface area contributed by atoms with Crippen LogP contribution in [0.3, 0.4) is 0 Å². The lowest BCUT2D eigenvalue weighted by Gasteiger charge is -2.34. The molecule has 1 unspecified atom stereocenters. The number of nitrogens with zero attached hydrogens (tertiary/aromatic N) is 5. The van der Waals surface area contributed by atoms with E-state index in [2.05, 4.69) is 21.6 Å². The molecule has 2 fully saturated rings.